The molecule has 0 fully saturated rings. The van der Waals surface area contributed by atoms with Crippen LogP contribution >= 0.6 is 0 Å². The Morgan fingerprint density at radius 2 is 1.92 bits per heavy atom. The largest absolute Gasteiger partial charge is 0.497 e. The van der Waals surface area contributed by atoms with Gasteiger partial charge in [0.2, 0.25) is 0 Å². The summed E-state index contributed by atoms with van der Waals surface area (Å²) >= 11 is 0. The monoisotopic (exact) mass is 187 g/mol. The van der Waals surface area contributed by atoms with Gasteiger partial charge in [0, 0.05) is 5.69 Å². The smallest absolute Gasteiger partial charge is 0.255 e. The van der Waals surface area contributed by atoms with Crippen molar-refractivity contribution < 1.29 is 13.5 Å². The highest BCUT2D eigenvalue weighted by atomic mass is 19.3. The Hall–Kier alpha value is -1.32. The van der Waals surface area contributed by atoms with Crippen LogP contribution in [0.3, 0.4) is 0 Å². The van der Waals surface area contributed by atoms with E-state index in [4.69, 9.17) is 4.74 Å². The van der Waals surface area contributed by atoms with Crippen molar-refractivity contribution in [3.05, 3.63) is 24.3 Å². The molecule has 0 aliphatic carbocycles. The average Bonchev–Trinajstić information content (AvgIpc) is 2.15. The van der Waals surface area contributed by atoms with Crippen molar-refractivity contribution >= 4 is 5.69 Å². The minimum absolute atomic E-state index is 0.327. The maximum absolute atomic E-state index is 11.8. The van der Waals surface area contributed by atoms with Crippen molar-refractivity contribution in [2.75, 3.05) is 19.0 Å². The molecule has 0 aromatic heterocycles. The quantitative estimate of drug-likeness (QED) is 0.781. The number of alkyl halides is 2. The van der Waals surface area contributed by atoms with Crippen molar-refractivity contribution in [2.24, 2.45) is 0 Å². The van der Waals surface area contributed by atoms with Crippen molar-refractivity contribution in [3.63, 3.8) is 0 Å². The standard InChI is InChI=1S/C9H11F2NO/c1-13-8-4-2-7(3-5-8)12-6-9(10)11/h2-5,9,12H,6H2,1H3. The molecule has 1 aromatic rings. The molecule has 13 heavy (non-hydrogen) atoms. The summed E-state index contributed by atoms with van der Waals surface area (Å²) in [6, 6.07) is 6.82. The van der Waals surface area contributed by atoms with Crippen molar-refractivity contribution in [3.8, 4) is 5.75 Å². The summed E-state index contributed by atoms with van der Waals surface area (Å²) in [5, 5.41) is 2.59. The van der Waals surface area contributed by atoms with Crippen molar-refractivity contribution in [1.29, 1.82) is 0 Å². The van der Waals surface area contributed by atoms with Gasteiger partial charge in [-0.15, -0.1) is 0 Å². The SMILES string of the molecule is COc1ccc(NCC(F)F)cc1. The zero-order valence-electron chi connectivity index (χ0n) is 7.26. The van der Waals surface area contributed by atoms with Crippen LogP contribution in [0.15, 0.2) is 24.3 Å². The second-order valence-corrected chi connectivity index (χ2v) is 2.50. The second-order valence-electron chi connectivity index (χ2n) is 2.50. The van der Waals surface area contributed by atoms with Crippen LogP contribution in [0.25, 0.3) is 0 Å². The molecule has 0 aliphatic rings. The Morgan fingerprint density at radius 3 is 2.38 bits per heavy atom. The molecule has 0 spiro atoms. The fourth-order valence-corrected chi connectivity index (χ4v) is 0.904. The van der Waals surface area contributed by atoms with E-state index in [2.05, 4.69) is 5.32 Å². The molecule has 0 bridgehead atoms. The van der Waals surface area contributed by atoms with Crippen molar-refractivity contribution in [1.82, 2.24) is 0 Å². The van der Waals surface area contributed by atoms with E-state index in [0.29, 0.717) is 11.4 Å². The highest BCUT2D eigenvalue weighted by Crippen LogP contribution is 2.14. The molecule has 0 radical (unpaired) electrons. The van der Waals surface area contributed by atoms with E-state index >= 15 is 0 Å². The van der Waals surface area contributed by atoms with Gasteiger partial charge in [-0.2, -0.15) is 0 Å². The Bertz CT molecular complexity index is 248. The Kier molecular flexibility index (Phi) is 3.49. The Labute approximate surface area is 75.5 Å². The van der Waals surface area contributed by atoms with Crippen LogP contribution in [-0.4, -0.2) is 20.1 Å². The van der Waals surface area contributed by atoms with E-state index < -0.39 is 6.43 Å². The minimum Gasteiger partial charge on any atom is -0.497 e. The summed E-state index contributed by atoms with van der Waals surface area (Å²) in [7, 11) is 1.56. The number of hydrogen-bond donors (Lipinski definition) is 1. The van der Waals surface area contributed by atoms with E-state index in [-0.39, 0.29) is 6.54 Å². The lowest BCUT2D eigenvalue weighted by molar-refractivity contribution is 0.163. The molecule has 4 heteroatoms. The molecule has 0 saturated heterocycles. The minimum atomic E-state index is -2.33. The molecule has 0 aliphatic heterocycles. The van der Waals surface area contributed by atoms with Crippen LogP contribution in [-0.2, 0) is 0 Å². The number of methoxy groups -OCH3 is 1. The fourth-order valence-electron chi connectivity index (χ4n) is 0.904. The molecule has 1 aromatic carbocycles. The number of ether oxygens (including phenoxy) is 1. The number of benzene rings is 1. The molecule has 0 amide bonds. The molecule has 1 rings (SSSR count). The Morgan fingerprint density at radius 1 is 1.31 bits per heavy atom. The van der Waals surface area contributed by atoms with Crippen molar-refractivity contribution in [2.45, 2.75) is 6.43 Å². The molecule has 0 unspecified atom stereocenters. The van der Waals surface area contributed by atoms with Gasteiger partial charge in [0.05, 0.1) is 13.7 Å². The third-order valence-electron chi connectivity index (χ3n) is 1.55. The molecule has 0 atom stereocenters. The summed E-state index contributed by atoms with van der Waals surface area (Å²) in [6.45, 7) is -0.327. The predicted octanol–water partition coefficient (Wildman–Crippen LogP) is 2.37. The van der Waals surface area contributed by atoms with E-state index in [0.717, 1.165) is 0 Å². The summed E-state index contributed by atoms with van der Waals surface area (Å²) in [6.07, 6.45) is -2.33. The van der Waals surface area contributed by atoms with E-state index in [1.165, 1.54) is 0 Å². The van der Waals surface area contributed by atoms with Gasteiger partial charge in [0.1, 0.15) is 5.75 Å². The highest BCUT2D eigenvalue weighted by Gasteiger charge is 2.00. The molecule has 1 N–H and O–H groups in total. The van der Waals surface area contributed by atoms with Gasteiger partial charge >= 0.3 is 0 Å². The van der Waals surface area contributed by atoms with E-state index in [9.17, 15) is 8.78 Å². The Balaban J connectivity index is 2.49. The number of rotatable bonds is 4. The van der Waals surface area contributed by atoms with Crippen LogP contribution in [0.2, 0.25) is 0 Å². The van der Waals surface area contributed by atoms with Crippen LogP contribution in [0, 0.1) is 0 Å². The first-order valence-electron chi connectivity index (χ1n) is 3.88. The number of anilines is 1. The maximum atomic E-state index is 11.8. The lowest BCUT2D eigenvalue weighted by atomic mass is 10.3. The van der Waals surface area contributed by atoms with Gasteiger partial charge in [0.15, 0.2) is 0 Å². The van der Waals surface area contributed by atoms with Gasteiger partial charge in [-0.25, -0.2) is 8.78 Å². The first kappa shape index (κ1) is 9.77. The molecule has 2 nitrogen and oxygen atoms in total. The topological polar surface area (TPSA) is 21.3 Å². The highest BCUT2D eigenvalue weighted by molar-refractivity contribution is 5.46. The van der Waals surface area contributed by atoms with Crippen LogP contribution < -0.4 is 10.1 Å². The summed E-state index contributed by atoms with van der Waals surface area (Å²) < 4.78 is 28.5. The molecule has 0 saturated carbocycles. The van der Waals surface area contributed by atoms with E-state index in [1.807, 2.05) is 0 Å². The fraction of sp³-hybridized carbons (Fsp3) is 0.333. The van der Waals surface area contributed by atoms with E-state index in [1.54, 1.807) is 31.4 Å². The van der Waals surface area contributed by atoms with Gasteiger partial charge in [-0.3, -0.25) is 0 Å². The summed E-state index contributed by atoms with van der Waals surface area (Å²) in [4.78, 5) is 0. The maximum Gasteiger partial charge on any atom is 0.255 e. The zero-order chi connectivity index (χ0) is 9.68. The molecule has 0 heterocycles. The number of hydrogen-bond acceptors (Lipinski definition) is 2. The van der Waals surface area contributed by atoms with Gasteiger partial charge in [-0.1, -0.05) is 0 Å². The number of nitrogens with one attached hydrogen (secondary N) is 1. The number of halogens is 2. The van der Waals surface area contributed by atoms with Gasteiger partial charge in [-0.05, 0) is 24.3 Å². The molecular formula is C9H11F2NO. The predicted molar refractivity (Wildman–Crippen MR) is 47.5 cm³/mol. The normalized spacial score (nSPS) is 10.2. The zero-order valence-corrected chi connectivity index (χ0v) is 7.26. The second kappa shape index (κ2) is 4.64. The third kappa shape index (κ3) is 3.27. The van der Waals surface area contributed by atoms with Crippen LogP contribution in [0.1, 0.15) is 0 Å². The molecule has 72 valence electrons. The molecular weight excluding hydrogens is 176 g/mol. The summed E-state index contributed by atoms with van der Waals surface area (Å²) in [5.74, 6) is 0.711. The summed E-state index contributed by atoms with van der Waals surface area (Å²) in [5.41, 5.74) is 0.668. The first-order chi connectivity index (χ1) is 6.22. The van der Waals surface area contributed by atoms with Gasteiger partial charge in [0.25, 0.3) is 6.43 Å². The first-order valence-corrected chi connectivity index (χ1v) is 3.88. The average molecular weight is 187 g/mol. The van der Waals surface area contributed by atoms with Crippen LogP contribution in [0.5, 0.6) is 5.75 Å². The van der Waals surface area contributed by atoms with Gasteiger partial charge < -0.3 is 10.1 Å². The lowest BCUT2D eigenvalue weighted by Crippen LogP contribution is -2.09. The lowest BCUT2D eigenvalue weighted by Gasteiger charge is -2.05. The van der Waals surface area contributed by atoms with Crippen LogP contribution in [0.4, 0.5) is 14.5 Å². The third-order valence-corrected chi connectivity index (χ3v) is 1.55.